The Morgan fingerprint density at radius 1 is 1.07 bits per heavy atom. The second kappa shape index (κ2) is 13.2. The number of hydrogen-bond acceptors (Lipinski definition) is 9. The number of amides is 2. The smallest absolute Gasteiger partial charge is 0.410 e. The summed E-state index contributed by atoms with van der Waals surface area (Å²) in [6.07, 6.45) is 4.80. The molecule has 2 aliphatic heterocycles. The van der Waals surface area contributed by atoms with Crippen molar-refractivity contribution in [2.24, 2.45) is 5.92 Å². The van der Waals surface area contributed by atoms with Gasteiger partial charge in [0, 0.05) is 87.0 Å². The Morgan fingerprint density at radius 2 is 1.84 bits per heavy atom. The van der Waals surface area contributed by atoms with Crippen LogP contribution in [0.25, 0.3) is 11.0 Å². The number of aryl methyl sites for hydroxylation is 1. The fourth-order valence-corrected chi connectivity index (χ4v) is 5.74. The number of anilines is 3. The van der Waals surface area contributed by atoms with Crippen molar-refractivity contribution < 1.29 is 14.3 Å². The van der Waals surface area contributed by atoms with Crippen molar-refractivity contribution in [3.05, 3.63) is 52.9 Å². The first-order valence-electron chi connectivity index (χ1n) is 14.8. The first kappa shape index (κ1) is 30.7. The van der Waals surface area contributed by atoms with Crippen LogP contribution >= 0.6 is 11.8 Å². The van der Waals surface area contributed by atoms with Gasteiger partial charge in [-0.15, -0.1) is 0 Å². The van der Waals surface area contributed by atoms with Gasteiger partial charge in [-0.05, 0) is 63.6 Å². The van der Waals surface area contributed by atoms with E-state index in [0.717, 1.165) is 55.1 Å². The van der Waals surface area contributed by atoms with Crippen LogP contribution < -0.4 is 15.8 Å². The van der Waals surface area contributed by atoms with Gasteiger partial charge in [-0.2, -0.15) is 16.7 Å². The summed E-state index contributed by atoms with van der Waals surface area (Å²) in [4.78, 5) is 52.7. The molecule has 0 bridgehead atoms. The van der Waals surface area contributed by atoms with Gasteiger partial charge < -0.3 is 24.8 Å². The number of likely N-dealkylation sites (tertiary alicyclic amines) is 1. The predicted octanol–water partition coefficient (Wildman–Crippen LogP) is 4.19. The molecule has 2 fully saturated rings. The highest BCUT2D eigenvalue weighted by Gasteiger charge is 2.33. The number of fused-ring (bicyclic) bond motifs is 1. The Bertz CT molecular complexity index is 1510. The maximum Gasteiger partial charge on any atom is 0.410 e. The molecule has 1 aromatic carbocycles. The summed E-state index contributed by atoms with van der Waals surface area (Å²) in [5, 5.41) is 4.09. The summed E-state index contributed by atoms with van der Waals surface area (Å²) in [6, 6.07) is 11.4. The van der Waals surface area contributed by atoms with Crippen molar-refractivity contribution in [1.82, 2.24) is 24.3 Å². The Hall–Kier alpha value is -3.80. The summed E-state index contributed by atoms with van der Waals surface area (Å²) in [5.41, 5.74) is 1.85. The number of pyridine rings is 1. The Kier molecular flexibility index (Phi) is 9.43. The van der Waals surface area contributed by atoms with Gasteiger partial charge in [0.05, 0.1) is 0 Å². The fraction of sp³-hybridized carbons (Fsp3) is 0.516. The van der Waals surface area contributed by atoms with E-state index in [-0.39, 0.29) is 17.6 Å². The van der Waals surface area contributed by atoms with Crippen LogP contribution in [0.5, 0.6) is 0 Å². The lowest BCUT2D eigenvalue weighted by molar-refractivity contribution is -0.131. The normalized spacial score (nSPS) is 15.9. The first-order valence-corrected chi connectivity index (χ1v) is 16.2. The zero-order valence-corrected chi connectivity index (χ0v) is 26.2. The van der Waals surface area contributed by atoms with Crippen molar-refractivity contribution >= 4 is 52.1 Å². The van der Waals surface area contributed by atoms with Crippen LogP contribution in [0, 0.1) is 5.92 Å². The minimum atomic E-state index is -0.519. The highest BCUT2D eigenvalue weighted by Crippen LogP contribution is 2.25. The molecule has 5 rings (SSSR count). The molecule has 0 atom stereocenters. The molecule has 0 saturated carbocycles. The zero-order chi connectivity index (χ0) is 30.6. The first-order chi connectivity index (χ1) is 20.6. The molecule has 2 saturated heterocycles. The van der Waals surface area contributed by atoms with Crippen molar-refractivity contribution in [3.8, 4) is 0 Å². The molecule has 2 amide bonds. The third kappa shape index (κ3) is 7.78. The maximum absolute atomic E-state index is 12.9. The number of nitrogens with one attached hydrogen (secondary N) is 1. The van der Waals surface area contributed by atoms with Gasteiger partial charge >= 0.3 is 6.09 Å². The molecule has 3 aromatic rings. The van der Waals surface area contributed by atoms with E-state index in [1.807, 2.05) is 44.1 Å². The van der Waals surface area contributed by atoms with Crippen molar-refractivity contribution in [2.75, 3.05) is 61.5 Å². The highest BCUT2D eigenvalue weighted by atomic mass is 32.2. The topological polar surface area (TPSA) is 113 Å². The molecule has 4 heterocycles. The summed E-state index contributed by atoms with van der Waals surface area (Å²) in [6.45, 7) is 10.3. The number of rotatable bonds is 9. The quantitative estimate of drug-likeness (QED) is 0.383. The van der Waals surface area contributed by atoms with E-state index in [2.05, 4.69) is 27.3 Å². The van der Waals surface area contributed by atoms with Crippen molar-refractivity contribution in [1.29, 1.82) is 0 Å². The second-order valence-electron chi connectivity index (χ2n) is 12.1. The number of ether oxygens (including phenoxy) is 1. The minimum Gasteiger partial charge on any atom is -0.444 e. The van der Waals surface area contributed by atoms with Gasteiger partial charge in [0.2, 0.25) is 11.9 Å². The highest BCUT2D eigenvalue weighted by molar-refractivity contribution is 7.98. The number of hydrogen-bond donors (Lipinski definition) is 1. The van der Waals surface area contributed by atoms with Crippen LogP contribution in [0.15, 0.2) is 47.4 Å². The zero-order valence-electron chi connectivity index (χ0n) is 25.4. The maximum atomic E-state index is 12.9. The summed E-state index contributed by atoms with van der Waals surface area (Å²) in [7, 11) is 0. The lowest BCUT2D eigenvalue weighted by Gasteiger charge is -2.39. The molecule has 0 unspecified atom stereocenters. The molecule has 0 aliphatic carbocycles. The van der Waals surface area contributed by atoms with E-state index in [1.54, 1.807) is 39.6 Å². The van der Waals surface area contributed by atoms with Gasteiger partial charge in [0.25, 0.3) is 5.56 Å². The molecule has 12 heteroatoms. The van der Waals surface area contributed by atoms with Crippen LogP contribution in [0.1, 0.15) is 33.6 Å². The number of piperazine rings is 1. The summed E-state index contributed by atoms with van der Waals surface area (Å²) >= 11 is 1.70. The van der Waals surface area contributed by atoms with Crippen LogP contribution in [0.3, 0.4) is 0 Å². The van der Waals surface area contributed by atoms with E-state index >= 15 is 0 Å². The molecule has 2 aliphatic rings. The molecular formula is C31H41N7O4S. The van der Waals surface area contributed by atoms with E-state index in [0.29, 0.717) is 43.6 Å². The molecule has 0 spiro atoms. The van der Waals surface area contributed by atoms with E-state index < -0.39 is 5.60 Å². The minimum absolute atomic E-state index is 0.117. The molecule has 43 heavy (non-hydrogen) atoms. The predicted molar refractivity (Wildman–Crippen MR) is 171 cm³/mol. The van der Waals surface area contributed by atoms with Gasteiger partial charge in [0.15, 0.2) is 0 Å². The van der Waals surface area contributed by atoms with E-state index in [4.69, 9.17) is 9.72 Å². The molecule has 2 aromatic heterocycles. The van der Waals surface area contributed by atoms with Crippen LogP contribution in [-0.2, 0) is 16.1 Å². The summed E-state index contributed by atoms with van der Waals surface area (Å²) < 4.78 is 7.14. The fourth-order valence-electron chi connectivity index (χ4n) is 5.36. The van der Waals surface area contributed by atoms with E-state index in [9.17, 15) is 14.4 Å². The molecule has 11 nitrogen and oxygen atoms in total. The van der Waals surface area contributed by atoms with Gasteiger partial charge in [0.1, 0.15) is 11.2 Å². The lowest BCUT2D eigenvalue weighted by atomic mass is 9.97. The number of carbonyl (C=O) groups excluding carboxylic acids is 2. The number of thioether (sulfide) groups is 1. The average Bonchev–Trinajstić information content (AvgIpc) is 2.95. The molecular weight excluding hydrogens is 566 g/mol. The summed E-state index contributed by atoms with van der Waals surface area (Å²) in [5.74, 6) is 1.79. The SMILES string of the molecule is CSCCC(=O)N1CCN(c2cccc(Nc3ncc4ccc(=O)n(CCC5CN(C(=O)OC(C)(C)C)C5)c4n3)c2)CC1. The Balaban J connectivity index is 1.21. The monoisotopic (exact) mass is 607 g/mol. The third-order valence-corrected chi connectivity index (χ3v) is 8.33. The number of nitrogens with zero attached hydrogens (tertiary/aromatic N) is 6. The van der Waals surface area contributed by atoms with Crippen LogP contribution in [0.4, 0.5) is 22.1 Å². The third-order valence-electron chi connectivity index (χ3n) is 7.71. The number of aromatic nitrogens is 3. The van der Waals surface area contributed by atoms with Gasteiger partial charge in [-0.1, -0.05) is 6.07 Å². The standard InChI is InChI=1S/C31H41N7O4S/c1-31(2,3)42-30(41)37-20-22(21-37)10-12-38-27(40)9-8-23-19-32-29(34-28(23)38)33-24-6-5-7-25(18-24)35-13-15-36(16-14-35)26(39)11-17-43-4/h5-9,18-19,22H,10-17,20-21H2,1-4H3,(H,32,33,34). The number of benzene rings is 1. The van der Waals surface area contributed by atoms with Crippen LogP contribution in [-0.4, -0.2) is 93.2 Å². The van der Waals surface area contributed by atoms with Gasteiger partial charge in [-0.25, -0.2) is 9.78 Å². The molecule has 0 radical (unpaired) electrons. The lowest BCUT2D eigenvalue weighted by Crippen LogP contribution is -2.51. The Morgan fingerprint density at radius 3 is 2.56 bits per heavy atom. The molecule has 1 N–H and O–H groups in total. The van der Waals surface area contributed by atoms with Crippen molar-refractivity contribution in [3.63, 3.8) is 0 Å². The van der Waals surface area contributed by atoms with E-state index in [1.165, 1.54) is 0 Å². The largest absolute Gasteiger partial charge is 0.444 e. The average molecular weight is 608 g/mol. The number of carbonyl (C=O) groups is 2. The van der Waals surface area contributed by atoms with Crippen LogP contribution in [0.2, 0.25) is 0 Å². The van der Waals surface area contributed by atoms with Crippen molar-refractivity contribution in [2.45, 2.75) is 45.8 Å². The second-order valence-corrected chi connectivity index (χ2v) is 13.1. The molecule has 230 valence electrons. The van der Waals surface area contributed by atoms with Gasteiger partial charge in [-0.3, -0.25) is 14.2 Å². The Labute approximate surface area is 256 Å².